The summed E-state index contributed by atoms with van der Waals surface area (Å²) < 4.78 is 26.5. The first-order valence-electron chi connectivity index (χ1n) is 8.08. The van der Waals surface area contributed by atoms with E-state index in [9.17, 15) is 13.5 Å². The van der Waals surface area contributed by atoms with Crippen molar-refractivity contribution in [1.82, 2.24) is 19.5 Å². The molecule has 1 saturated heterocycles. The number of aromatic nitrogens is 3. The number of nitrogens with zero attached hydrogens (tertiary/aromatic N) is 3. The molecule has 0 amide bonds. The maximum Gasteiger partial charge on any atom is 0.220 e. The first-order chi connectivity index (χ1) is 11.4. The van der Waals surface area contributed by atoms with Crippen LogP contribution in [0, 0.1) is 0 Å². The van der Waals surface area contributed by atoms with E-state index in [1.807, 2.05) is 30.3 Å². The first-order valence-corrected chi connectivity index (χ1v) is 9.52. The molecule has 0 radical (unpaired) electrons. The lowest BCUT2D eigenvalue weighted by molar-refractivity contribution is 0.188. The van der Waals surface area contributed by atoms with Gasteiger partial charge in [0.15, 0.2) is 5.82 Å². The maximum absolute atomic E-state index is 12.9. The van der Waals surface area contributed by atoms with E-state index >= 15 is 0 Å². The average molecular weight is 348 g/mol. The van der Waals surface area contributed by atoms with E-state index in [1.54, 1.807) is 6.92 Å². The van der Waals surface area contributed by atoms with Crippen LogP contribution in [-0.2, 0) is 10.0 Å². The molecule has 2 aliphatic rings. The van der Waals surface area contributed by atoms with Crippen molar-refractivity contribution in [2.75, 3.05) is 6.54 Å². The van der Waals surface area contributed by atoms with Crippen LogP contribution < -0.4 is 0 Å². The topological polar surface area (TPSA) is 99.2 Å². The second-order valence-electron chi connectivity index (χ2n) is 6.84. The van der Waals surface area contributed by atoms with Gasteiger partial charge in [-0.3, -0.25) is 5.10 Å². The van der Waals surface area contributed by atoms with Crippen LogP contribution >= 0.6 is 0 Å². The summed E-state index contributed by atoms with van der Waals surface area (Å²) in [5.41, 5.74) is 0.863. The van der Waals surface area contributed by atoms with Gasteiger partial charge in [-0.2, -0.15) is 9.40 Å². The Balaban J connectivity index is 1.67. The molecule has 1 aliphatic carbocycles. The summed E-state index contributed by atoms with van der Waals surface area (Å²) >= 11 is 0. The number of nitrogens with one attached hydrogen (secondary N) is 1. The number of sulfonamides is 1. The van der Waals surface area contributed by atoms with Crippen LogP contribution in [0.5, 0.6) is 0 Å². The molecule has 24 heavy (non-hydrogen) atoms. The van der Waals surface area contributed by atoms with Crippen LogP contribution in [0.2, 0.25) is 0 Å². The molecular weight excluding hydrogens is 328 g/mol. The number of benzene rings is 1. The normalized spacial score (nSPS) is 26.6. The van der Waals surface area contributed by atoms with E-state index in [0.717, 1.165) is 5.56 Å². The Hall–Kier alpha value is -1.77. The fourth-order valence-electron chi connectivity index (χ4n) is 3.16. The SMILES string of the molecule is CC1(S(=O)(=O)N2C[C@H](O)C[C@H]2c2nc(-c3ccccc3)n[nH]2)CC1. The molecule has 128 valence electrons. The van der Waals surface area contributed by atoms with Gasteiger partial charge in [-0.05, 0) is 26.2 Å². The molecule has 1 saturated carbocycles. The van der Waals surface area contributed by atoms with Gasteiger partial charge in [-0.25, -0.2) is 13.4 Å². The standard InChI is InChI=1S/C16H20N4O3S/c1-16(7-8-16)24(22,23)20-10-12(21)9-13(20)15-17-14(18-19-15)11-5-3-2-4-6-11/h2-6,12-13,21H,7-10H2,1H3,(H,17,18,19)/t12-,13+/m1/s1. The summed E-state index contributed by atoms with van der Waals surface area (Å²) in [6.45, 7) is 1.88. The number of rotatable bonds is 4. The fourth-order valence-corrected chi connectivity index (χ4v) is 5.23. The summed E-state index contributed by atoms with van der Waals surface area (Å²) in [7, 11) is -3.47. The zero-order chi connectivity index (χ0) is 16.9. The number of H-pyrrole nitrogens is 1. The summed E-state index contributed by atoms with van der Waals surface area (Å²) in [5.74, 6) is 1.01. The van der Waals surface area contributed by atoms with Crippen molar-refractivity contribution in [1.29, 1.82) is 0 Å². The van der Waals surface area contributed by atoms with Gasteiger partial charge in [0.25, 0.3) is 0 Å². The zero-order valence-corrected chi connectivity index (χ0v) is 14.2. The zero-order valence-electron chi connectivity index (χ0n) is 13.4. The van der Waals surface area contributed by atoms with E-state index in [-0.39, 0.29) is 6.54 Å². The van der Waals surface area contributed by atoms with Crippen molar-refractivity contribution in [3.8, 4) is 11.4 Å². The molecule has 0 unspecified atom stereocenters. The lowest BCUT2D eigenvalue weighted by atomic mass is 10.2. The van der Waals surface area contributed by atoms with Gasteiger partial charge in [-0.1, -0.05) is 30.3 Å². The Morgan fingerprint density at radius 2 is 2.00 bits per heavy atom. The minimum Gasteiger partial charge on any atom is -0.392 e. The Kier molecular flexibility index (Phi) is 3.52. The van der Waals surface area contributed by atoms with Crippen molar-refractivity contribution in [3.05, 3.63) is 36.2 Å². The lowest BCUT2D eigenvalue weighted by Gasteiger charge is -2.25. The highest BCUT2D eigenvalue weighted by molar-refractivity contribution is 7.90. The molecule has 0 spiro atoms. The molecule has 2 atom stereocenters. The smallest absolute Gasteiger partial charge is 0.220 e. The molecule has 7 nitrogen and oxygen atoms in total. The molecule has 2 heterocycles. The van der Waals surface area contributed by atoms with Gasteiger partial charge in [-0.15, -0.1) is 0 Å². The van der Waals surface area contributed by atoms with Gasteiger partial charge < -0.3 is 5.11 Å². The average Bonchev–Trinajstić information content (AvgIpc) is 3.01. The van der Waals surface area contributed by atoms with Gasteiger partial charge in [0.05, 0.1) is 16.9 Å². The van der Waals surface area contributed by atoms with Crippen LogP contribution in [0.1, 0.15) is 38.1 Å². The molecule has 2 aromatic rings. The third-order valence-electron chi connectivity index (χ3n) is 4.97. The maximum atomic E-state index is 12.9. The van der Waals surface area contributed by atoms with Crippen molar-refractivity contribution in [3.63, 3.8) is 0 Å². The quantitative estimate of drug-likeness (QED) is 0.871. The van der Waals surface area contributed by atoms with Gasteiger partial charge >= 0.3 is 0 Å². The Bertz CT molecular complexity index is 845. The Morgan fingerprint density at radius 3 is 2.67 bits per heavy atom. The summed E-state index contributed by atoms with van der Waals surface area (Å²) in [6.07, 6.45) is 0.983. The van der Waals surface area contributed by atoms with Crippen molar-refractivity contribution in [2.24, 2.45) is 0 Å². The van der Waals surface area contributed by atoms with Crippen LogP contribution in [0.15, 0.2) is 30.3 Å². The molecule has 2 N–H and O–H groups in total. The lowest BCUT2D eigenvalue weighted by Crippen LogP contribution is -2.39. The molecule has 0 bridgehead atoms. The van der Waals surface area contributed by atoms with Gasteiger partial charge in [0.2, 0.25) is 10.0 Å². The van der Waals surface area contributed by atoms with Gasteiger partial charge in [0, 0.05) is 12.1 Å². The summed E-state index contributed by atoms with van der Waals surface area (Å²) in [4.78, 5) is 4.48. The van der Waals surface area contributed by atoms with Crippen molar-refractivity contribution in [2.45, 2.75) is 43.1 Å². The number of aromatic amines is 1. The van der Waals surface area contributed by atoms with Crippen molar-refractivity contribution >= 4 is 10.0 Å². The third kappa shape index (κ3) is 2.45. The Morgan fingerprint density at radius 1 is 1.29 bits per heavy atom. The Labute approximate surface area is 140 Å². The summed E-state index contributed by atoms with van der Waals surface area (Å²) in [6, 6.07) is 9.01. The predicted octanol–water partition coefficient (Wildman–Crippen LogP) is 1.46. The van der Waals surface area contributed by atoms with Crippen molar-refractivity contribution < 1.29 is 13.5 Å². The number of hydrogen-bond acceptors (Lipinski definition) is 5. The van der Waals surface area contributed by atoms with E-state index in [4.69, 9.17) is 0 Å². The largest absolute Gasteiger partial charge is 0.392 e. The first kappa shape index (κ1) is 15.7. The second-order valence-corrected chi connectivity index (χ2v) is 9.24. The fraction of sp³-hybridized carbons (Fsp3) is 0.500. The van der Waals surface area contributed by atoms with Crippen LogP contribution in [0.25, 0.3) is 11.4 Å². The van der Waals surface area contributed by atoms with Crippen LogP contribution in [0.3, 0.4) is 0 Å². The molecule has 2 fully saturated rings. The number of aliphatic hydroxyl groups excluding tert-OH is 1. The number of β-amino-alcohol motifs (C(OH)–C–C–N with tert-alkyl or cyclic N) is 1. The monoisotopic (exact) mass is 348 g/mol. The van der Waals surface area contributed by atoms with E-state index in [0.29, 0.717) is 30.9 Å². The summed E-state index contributed by atoms with van der Waals surface area (Å²) in [5, 5.41) is 17.1. The molecule has 4 rings (SSSR count). The highest BCUT2D eigenvalue weighted by atomic mass is 32.2. The van der Waals surface area contributed by atoms with Gasteiger partial charge in [0.1, 0.15) is 5.82 Å². The molecular formula is C16H20N4O3S. The highest BCUT2D eigenvalue weighted by Gasteiger charge is 2.56. The third-order valence-corrected chi connectivity index (χ3v) is 7.64. The van der Waals surface area contributed by atoms with E-state index in [1.165, 1.54) is 4.31 Å². The highest BCUT2D eigenvalue weighted by Crippen LogP contribution is 2.48. The second kappa shape index (κ2) is 5.37. The van der Waals surface area contributed by atoms with Crippen LogP contribution in [0.4, 0.5) is 0 Å². The van der Waals surface area contributed by atoms with Crippen LogP contribution in [-0.4, -0.2) is 50.4 Å². The predicted molar refractivity (Wildman–Crippen MR) is 88.4 cm³/mol. The minimum atomic E-state index is -3.47. The molecule has 1 aliphatic heterocycles. The minimum absolute atomic E-state index is 0.115. The molecule has 1 aromatic carbocycles. The number of hydrogen-bond donors (Lipinski definition) is 2. The molecule has 1 aromatic heterocycles. The van der Waals surface area contributed by atoms with E-state index in [2.05, 4.69) is 15.2 Å². The molecule has 8 heteroatoms. The number of aliphatic hydroxyl groups is 1. The van der Waals surface area contributed by atoms with E-state index < -0.39 is 26.9 Å².